The van der Waals surface area contributed by atoms with Crippen molar-refractivity contribution < 1.29 is 9.53 Å². The average molecular weight is 387 g/mol. The second kappa shape index (κ2) is 8.88. The van der Waals surface area contributed by atoms with Crippen molar-refractivity contribution in [3.05, 3.63) is 77.9 Å². The number of carbonyl (C=O) groups excluding carboxylic acids is 1. The molecule has 1 unspecified atom stereocenters. The summed E-state index contributed by atoms with van der Waals surface area (Å²) >= 11 is 0. The predicted octanol–water partition coefficient (Wildman–Crippen LogP) is 3.61. The highest BCUT2D eigenvalue weighted by Gasteiger charge is 2.24. The number of hydrogen-bond acceptors (Lipinski definition) is 4. The first-order valence-electron chi connectivity index (χ1n) is 9.93. The van der Waals surface area contributed by atoms with Crippen LogP contribution < -0.4 is 10.1 Å². The van der Waals surface area contributed by atoms with Crippen molar-refractivity contribution >= 4 is 22.9 Å². The van der Waals surface area contributed by atoms with E-state index in [1.54, 1.807) is 0 Å². The van der Waals surface area contributed by atoms with Gasteiger partial charge in [-0.3, -0.25) is 9.69 Å². The Morgan fingerprint density at radius 1 is 1.07 bits per heavy atom. The molecular weight excluding hydrogens is 362 g/mol. The molecule has 1 atom stereocenters. The van der Waals surface area contributed by atoms with E-state index in [0.29, 0.717) is 5.75 Å². The monoisotopic (exact) mass is 387 g/mol. The summed E-state index contributed by atoms with van der Waals surface area (Å²) in [6.07, 6.45) is 2.29. The number of nitrogens with one attached hydrogen (secondary N) is 2. The maximum absolute atomic E-state index is 12.4. The molecule has 1 amide bonds. The molecule has 148 valence electrons. The smallest absolute Gasteiger partial charge is 0.258 e. The molecule has 5 nitrogen and oxygen atoms in total. The molecule has 0 aliphatic carbocycles. The quantitative estimate of drug-likeness (QED) is 0.609. The normalized spacial score (nSPS) is 16.6. The van der Waals surface area contributed by atoms with Gasteiger partial charge in [0.15, 0.2) is 6.61 Å². The number of hydrogen-bond donors (Lipinski definition) is 2. The van der Waals surface area contributed by atoms with Crippen LogP contribution in [0.3, 0.4) is 0 Å². The van der Waals surface area contributed by atoms with Gasteiger partial charge in [0.25, 0.3) is 5.91 Å². The van der Waals surface area contributed by atoms with Crippen molar-refractivity contribution in [3.63, 3.8) is 0 Å². The Balaban J connectivity index is 1.31. The summed E-state index contributed by atoms with van der Waals surface area (Å²) in [4.78, 5) is 14.8. The van der Waals surface area contributed by atoms with Crippen LogP contribution in [0.25, 0.3) is 10.8 Å². The minimum Gasteiger partial charge on any atom is -0.483 e. The molecular formula is C24H25N3O2. The Morgan fingerprint density at radius 2 is 1.83 bits per heavy atom. The number of carbonyl (C=O) groups is 1. The van der Waals surface area contributed by atoms with Gasteiger partial charge in [-0.05, 0) is 29.5 Å². The second-order valence-corrected chi connectivity index (χ2v) is 7.41. The molecule has 3 aromatic carbocycles. The molecule has 1 aliphatic heterocycles. The van der Waals surface area contributed by atoms with Crippen LogP contribution in [0.2, 0.25) is 0 Å². The number of nitrogens with zero attached hydrogens (tertiary/aromatic N) is 1. The lowest BCUT2D eigenvalue weighted by molar-refractivity contribution is -0.123. The van der Waals surface area contributed by atoms with E-state index in [-0.39, 0.29) is 18.6 Å². The Bertz CT molecular complexity index is 1000. The highest BCUT2D eigenvalue weighted by Crippen LogP contribution is 2.27. The molecule has 5 heteroatoms. The van der Waals surface area contributed by atoms with Gasteiger partial charge in [-0.25, -0.2) is 0 Å². The van der Waals surface area contributed by atoms with Crippen LogP contribution in [0.15, 0.2) is 66.7 Å². The summed E-state index contributed by atoms with van der Waals surface area (Å²) in [7, 11) is 0. The number of rotatable bonds is 7. The van der Waals surface area contributed by atoms with Crippen LogP contribution in [-0.2, 0) is 11.3 Å². The van der Waals surface area contributed by atoms with Gasteiger partial charge < -0.3 is 15.5 Å². The molecule has 3 aromatic rings. The van der Waals surface area contributed by atoms with E-state index in [4.69, 9.17) is 10.1 Å². The van der Waals surface area contributed by atoms with Gasteiger partial charge in [0.2, 0.25) is 0 Å². The van der Waals surface area contributed by atoms with Gasteiger partial charge in [-0.2, -0.15) is 0 Å². The highest BCUT2D eigenvalue weighted by molar-refractivity contribution is 6.01. The minimum absolute atomic E-state index is 0.0108. The number of benzene rings is 3. The van der Waals surface area contributed by atoms with Crippen molar-refractivity contribution in [2.24, 2.45) is 0 Å². The van der Waals surface area contributed by atoms with Gasteiger partial charge >= 0.3 is 0 Å². The summed E-state index contributed by atoms with van der Waals surface area (Å²) in [6, 6.07) is 22.0. The summed E-state index contributed by atoms with van der Waals surface area (Å²) in [6.45, 7) is 2.74. The number of likely N-dealkylation sites (tertiary alicyclic amines) is 1. The van der Waals surface area contributed by atoms with Gasteiger partial charge in [0.05, 0.1) is 0 Å². The van der Waals surface area contributed by atoms with Crippen LogP contribution >= 0.6 is 0 Å². The zero-order chi connectivity index (χ0) is 20.1. The minimum atomic E-state index is -0.100. The maximum Gasteiger partial charge on any atom is 0.258 e. The molecule has 0 radical (unpaired) electrons. The Kier molecular flexibility index (Phi) is 5.86. The lowest BCUT2D eigenvalue weighted by atomic mass is 10.0. The Labute approximate surface area is 170 Å². The fraction of sp³-hybridized carbons (Fsp3) is 0.250. The molecule has 0 aromatic heterocycles. The number of amides is 1. The third-order valence-corrected chi connectivity index (χ3v) is 5.32. The molecule has 0 saturated carbocycles. The third-order valence-electron chi connectivity index (χ3n) is 5.32. The molecule has 0 bridgehead atoms. The highest BCUT2D eigenvalue weighted by atomic mass is 16.5. The molecule has 0 spiro atoms. The molecule has 1 saturated heterocycles. The fourth-order valence-electron chi connectivity index (χ4n) is 3.89. The summed E-state index contributed by atoms with van der Waals surface area (Å²) in [5.41, 5.74) is 2.13. The van der Waals surface area contributed by atoms with Crippen molar-refractivity contribution in [1.29, 1.82) is 5.41 Å². The first kappa shape index (κ1) is 19.2. The lowest BCUT2D eigenvalue weighted by Gasteiger charge is -2.17. The van der Waals surface area contributed by atoms with Gasteiger partial charge in [0, 0.05) is 42.8 Å². The van der Waals surface area contributed by atoms with Crippen molar-refractivity contribution in [2.75, 3.05) is 19.7 Å². The second-order valence-electron chi connectivity index (χ2n) is 7.41. The standard InChI is InChI=1S/C24H25N3O2/c25-14-19-10-11-23(22-9-5-4-8-21(19)22)29-17-24(28)26-20-12-13-27(16-20)15-18-6-2-1-3-7-18/h1-11,14,20,25H,12-13,15-17H2,(H,26,28). The molecule has 1 fully saturated rings. The van der Waals surface area contributed by atoms with Crippen LogP contribution in [0.5, 0.6) is 5.75 Å². The van der Waals surface area contributed by atoms with Crippen molar-refractivity contribution in [3.8, 4) is 5.75 Å². The zero-order valence-corrected chi connectivity index (χ0v) is 16.3. The third kappa shape index (κ3) is 4.63. The molecule has 29 heavy (non-hydrogen) atoms. The van der Waals surface area contributed by atoms with Gasteiger partial charge in [-0.1, -0.05) is 54.6 Å². The number of fused-ring (bicyclic) bond motifs is 1. The fourth-order valence-corrected chi connectivity index (χ4v) is 3.89. The lowest BCUT2D eigenvalue weighted by Crippen LogP contribution is -2.39. The van der Waals surface area contributed by atoms with Crippen molar-refractivity contribution in [2.45, 2.75) is 19.0 Å². The first-order chi connectivity index (χ1) is 14.2. The predicted molar refractivity (Wildman–Crippen MR) is 116 cm³/mol. The van der Waals surface area contributed by atoms with Crippen LogP contribution in [0.1, 0.15) is 17.5 Å². The van der Waals surface area contributed by atoms with E-state index in [2.05, 4.69) is 34.5 Å². The topological polar surface area (TPSA) is 65.4 Å². The zero-order valence-electron chi connectivity index (χ0n) is 16.3. The van der Waals surface area contributed by atoms with E-state index in [1.165, 1.54) is 11.8 Å². The van der Waals surface area contributed by atoms with E-state index < -0.39 is 0 Å². The van der Waals surface area contributed by atoms with Crippen LogP contribution in [0, 0.1) is 5.41 Å². The average Bonchev–Trinajstić information content (AvgIpc) is 3.19. The van der Waals surface area contributed by atoms with Crippen molar-refractivity contribution in [1.82, 2.24) is 10.2 Å². The number of ether oxygens (including phenoxy) is 1. The van der Waals surface area contributed by atoms with Crippen LogP contribution in [0.4, 0.5) is 0 Å². The molecule has 4 rings (SSSR count). The largest absolute Gasteiger partial charge is 0.483 e. The maximum atomic E-state index is 12.4. The van der Waals surface area contributed by atoms with Gasteiger partial charge in [0.1, 0.15) is 5.75 Å². The van der Waals surface area contributed by atoms with E-state index in [9.17, 15) is 4.79 Å². The van der Waals surface area contributed by atoms with E-state index >= 15 is 0 Å². The summed E-state index contributed by atoms with van der Waals surface area (Å²) < 4.78 is 5.81. The van der Waals surface area contributed by atoms with Gasteiger partial charge in [-0.15, -0.1) is 0 Å². The van der Waals surface area contributed by atoms with E-state index in [1.807, 2.05) is 42.5 Å². The molecule has 1 aliphatic rings. The molecule has 1 heterocycles. The summed E-state index contributed by atoms with van der Waals surface area (Å²) in [5, 5.41) is 12.5. The van der Waals surface area contributed by atoms with E-state index in [0.717, 1.165) is 42.4 Å². The Hall–Kier alpha value is -3.18. The summed E-state index contributed by atoms with van der Waals surface area (Å²) in [5.74, 6) is 0.565. The van der Waals surface area contributed by atoms with Crippen LogP contribution in [-0.4, -0.2) is 42.8 Å². The molecule has 2 N–H and O–H groups in total. The first-order valence-corrected chi connectivity index (χ1v) is 9.93. The Morgan fingerprint density at radius 3 is 2.62 bits per heavy atom. The SMILES string of the molecule is N=Cc1ccc(OCC(=O)NC2CCN(Cc3ccccc3)C2)c2ccccc12.